The van der Waals surface area contributed by atoms with Crippen molar-refractivity contribution in [3.8, 4) is 5.75 Å². The van der Waals surface area contributed by atoms with Gasteiger partial charge in [0.2, 0.25) is 0 Å². The Kier molecular flexibility index (Phi) is 8.67. The SMILES string of the molecule is CCNC(C)c1cc(Cl)ccc1OCCCCCCO. The van der Waals surface area contributed by atoms with E-state index in [1.165, 1.54) is 0 Å². The van der Waals surface area contributed by atoms with Crippen LogP contribution in [-0.2, 0) is 0 Å². The number of aliphatic hydroxyl groups is 1. The molecule has 1 rings (SSSR count). The summed E-state index contributed by atoms with van der Waals surface area (Å²) in [5.41, 5.74) is 1.11. The van der Waals surface area contributed by atoms with Crippen LogP contribution in [0.2, 0.25) is 5.02 Å². The maximum atomic E-state index is 8.72. The Balaban J connectivity index is 2.51. The summed E-state index contributed by atoms with van der Waals surface area (Å²) in [6, 6.07) is 6.00. The molecule has 0 saturated carbocycles. The summed E-state index contributed by atoms with van der Waals surface area (Å²) in [5.74, 6) is 0.907. The summed E-state index contributed by atoms with van der Waals surface area (Å²) < 4.78 is 5.88. The molecule has 0 aliphatic rings. The highest BCUT2D eigenvalue weighted by molar-refractivity contribution is 6.30. The third-order valence-electron chi connectivity index (χ3n) is 3.26. The van der Waals surface area contributed by atoms with Gasteiger partial charge in [-0.1, -0.05) is 24.9 Å². The summed E-state index contributed by atoms with van der Waals surface area (Å²) >= 11 is 6.07. The minimum atomic E-state index is 0.225. The van der Waals surface area contributed by atoms with E-state index in [0.717, 1.165) is 48.6 Å². The first kappa shape index (κ1) is 17.3. The van der Waals surface area contributed by atoms with Crippen LogP contribution in [0.4, 0.5) is 0 Å². The fourth-order valence-corrected chi connectivity index (χ4v) is 2.34. The second-order valence-electron chi connectivity index (χ2n) is 4.95. The van der Waals surface area contributed by atoms with Crippen LogP contribution in [0.25, 0.3) is 0 Å². The lowest BCUT2D eigenvalue weighted by Crippen LogP contribution is -2.18. The van der Waals surface area contributed by atoms with Gasteiger partial charge < -0.3 is 15.2 Å². The second-order valence-corrected chi connectivity index (χ2v) is 5.38. The van der Waals surface area contributed by atoms with Crippen LogP contribution in [0.3, 0.4) is 0 Å². The Labute approximate surface area is 127 Å². The molecule has 1 unspecified atom stereocenters. The van der Waals surface area contributed by atoms with Crippen LogP contribution in [0, 0.1) is 0 Å². The molecule has 0 heterocycles. The first-order chi connectivity index (χ1) is 9.69. The van der Waals surface area contributed by atoms with Gasteiger partial charge in [-0.2, -0.15) is 0 Å². The van der Waals surface area contributed by atoms with Crippen LogP contribution in [0.15, 0.2) is 18.2 Å². The quantitative estimate of drug-likeness (QED) is 0.643. The summed E-state index contributed by atoms with van der Waals surface area (Å²) in [6.07, 6.45) is 4.04. The van der Waals surface area contributed by atoms with E-state index in [1.807, 2.05) is 18.2 Å². The highest BCUT2D eigenvalue weighted by atomic mass is 35.5. The van der Waals surface area contributed by atoms with Gasteiger partial charge in [0, 0.05) is 23.2 Å². The first-order valence-electron chi connectivity index (χ1n) is 7.45. The van der Waals surface area contributed by atoms with E-state index < -0.39 is 0 Å². The number of rotatable bonds is 10. The molecule has 0 aliphatic heterocycles. The third kappa shape index (κ3) is 6.12. The number of nitrogens with one attached hydrogen (secondary N) is 1. The number of unbranched alkanes of at least 4 members (excludes halogenated alkanes) is 3. The smallest absolute Gasteiger partial charge is 0.124 e. The minimum Gasteiger partial charge on any atom is -0.493 e. The van der Waals surface area contributed by atoms with Crippen LogP contribution < -0.4 is 10.1 Å². The zero-order valence-electron chi connectivity index (χ0n) is 12.5. The number of benzene rings is 1. The molecule has 0 aliphatic carbocycles. The summed E-state index contributed by atoms with van der Waals surface area (Å²) in [5, 5.41) is 12.8. The Hall–Kier alpha value is -0.770. The lowest BCUT2D eigenvalue weighted by molar-refractivity contribution is 0.272. The van der Waals surface area contributed by atoms with Crippen molar-refractivity contribution < 1.29 is 9.84 Å². The van der Waals surface area contributed by atoms with E-state index in [0.29, 0.717) is 6.61 Å². The largest absolute Gasteiger partial charge is 0.493 e. The standard InChI is InChI=1S/C16H26ClNO2/c1-3-18-13(2)15-12-14(17)8-9-16(15)20-11-7-5-4-6-10-19/h8-9,12-13,18-19H,3-7,10-11H2,1-2H3. The fraction of sp³-hybridized carbons (Fsp3) is 0.625. The normalized spacial score (nSPS) is 12.4. The molecule has 20 heavy (non-hydrogen) atoms. The minimum absolute atomic E-state index is 0.225. The predicted molar refractivity (Wildman–Crippen MR) is 84.6 cm³/mol. The Bertz CT molecular complexity index is 385. The van der Waals surface area contributed by atoms with E-state index >= 15 is 0 Å². The monoisotopic (exact) mass is 299 g/mol. The van der Waals surface area contributed by atoms with Crippen molar-refractivity contribution in [2.75, 3.05) is 19.8 Å². The molecule has 0 bridgehead atoms. The Morgan fingerprint density at radius 1 is 1.25 bits per heavy atom. The molecule has 114 valence electrons. The van der Waals surface area contributed by atoms with E-state index in [2.05, 4.69) is 19.2 Å². The molecule has 2 N–H and O–H groups in total. The Morgan fingerprint density at radius 2 is 2.00 bits per heavy atom. The van der Waals surface area contributed by atoms with Crippen molar-refractivity contribution in [2.45, 2.75) is 45.6 Å². The van der Waals surface area contributed by atoms with Gasteiger partial charge in [0.25, 0.3) is 0 Å². The summed E-state index contributed by atoms with van der Waals surface area (Å²) in [6.45, 7) is 6.10. The molecule has 0 amide bonds. The zero-order valence-corrected chi connectivity index (χ0v) is 13.2. The second kappa shape index (κ2) is 10.0. The van der Waals surface area contributed by atoms with Crippen molar-refractivity contribution in [1.29, 1.82) is 0 Å². The van der Waals surface area contributed by atoms with E-state index in [-0.39, 0.29) is 12.6 Å². The van der Waals surface area contributed by atoms with Crippen molar-refractivity contribution in [2.24, 2.45) is 0 Å². The molecular formula is C16H26ClNO2. The highest BCUT2D eigenvalue weighted by Gasteiger charge is 2.11. The summed E-state index contributed by atoms with van der Waals surface area (Å²) in [7, 11) is 0. The molecule has 3 nitrogen and oxygen atoms in total. The molecule has 1 aromatic carbocycles. The average Bonchev–Trinajstić information content (AvgIpc) is 2.44. The van der Waals surface area contributed by atoms with E-state index in [1.54, 1.807) is 0 Å². The molecule has 0 radical (unpaired) electrons. The Morgan fingerprint density at radius 3 is 2.70 bits per heavy atom. The predicted octanol–water partition coefficient (Wildman–Crippen LogP) is 3.94. The lowest BCUT2D eigenvalue weighted by Gasteiger charge is -2.18. The van der Waals surface area contributed by atoms with Gasteiger partial charge in [0.05, 0.1) is 6.61 Å². The maximum Gasteiger partial charge on any atom is 0.124 e. The van der Waals surface area contributed by atoms with Crippen molar-refractivity contribution in [3.05, 3.63) is 28.8 Å². The first-order valence-corrected chi connectivity index (χ1v) is 7.83. The highest BCUT2D eigenvalue weighted by Crippen LogP contribution is 2.28. The third-order valence-corrected chi connectivity index (χ3v) is 3.49. The number of ether oxygens (including phenoxy) is 1. The lowest BCUT2D eigenvalue weighted by atomic mass is 10.1. The van der Waals surface area contributed by atoms with Crippen LogP contribution in [0.1, 0.15) is 51.1 Å². The van der Waals surface area contributed by atoms with Gasteiger partial charge in [-0.25, -0.2) is 0 Å². The summed E-state index contributed by atoms with van der Waals surface area (Å²) in [4.78, 5) is 0. The maximum absolute atomic E-state index is 8.72. The van der Waals surface area contributed by atoms with Gasteiger partial charge in [-0.3, -0.25) is 0 Å². The van der Waals surface area contributed by atoms with Gasteiger partial charge in [0.15, 0.2) is 0 Å². The van der Waals surface area contributed by atoms with Crippen LogP contribution >= 0.6 is 11.6 Å². The van der Waals surface area contributed by atoms with Crippen LogP contribution in [0.5, 0.6) is 5.75 Å². The number of aliphatic hydroxyl groups excluding tert-OH is 1. The van der Waals surface area contributed by atoms with Gasteiger partial charge in [0.1, 0.15) is 5.75 Å². The van der Waals surface area contributed by atoms with Gasteiger partial charge in [-0.15, -0.1) is 0 Å². The number of hydrogen-bond donors (Lipinski definition) is 2. The number of hydrogen-bond acceptors (Lipinski definition) is 3. The molecule has 0 saturated heterocycles. The molecule has 0 spiro atoms. The number of halogens is 1. The molecular weight excluding hydrogens is 274 g/mol. The van der Waals surface area contributed by atoms with Crippen molar-refractivity contribution >= 4 is 11.6 Å². The fourth-order valence-electron chi connectivity index (χ4n) is 2.15. The zero-order chi connectivity index (χ0) is 14.8. The van der Waals surface area contributed by atoms with E-state index in [9.17, 15) is 0 Å². The molecule has 0 aromatic heterocycles. The molecule has 0 fully saturated rings. The van der Waals surface area contributed by atoms with Crippen LogP contribution in [-0.4, -0.2) is 24.9 Å². The average molecular weight is 300 g/mol. The van der Waals surface area contributed by atoms with E-state index in [4.69, 9.17) is 21.4 Å². The van der Waals surface area contributed by atoms with Crippen molar-refractivity contribution in [1.82, 2.24) is 5.32 Å². The molecule has 4 heteroatoms. The van der Waals surface area contributed by atoms with Gasteiger partial charge >= 0.3 is 0 Å². The van der Waals surface area contributed by atoms with Crippen molar-refractivity contribution in [3.63, 3.8) is 0 Å². The topological polar surface area (TPSA) is 41.5 Å². The molecule has 1 aromatic rings. The van der Waals surface area contributed by atoms with Gasteiger partial charge in [-0.05, 0) is 50.9 Å². The molecule has 1 atom stereocenters.